The first-order valence-electron chi connectivity index (χ1n) is 8.84. The molecule has 0 radical (unpaired) electrons. The van der Waals surface area contributed by atoms with Gasteiger partial charge in [-0.25, -0.2) is 0 Å². The van der Waals surface area contributed by atoms with Gasteiger partial charge in [-0.05, 0) is 42.7 Å². The van der Waals surface area contributed by atoms with Crippen molar-refractivity contribution in [1.82, 2.24) is 4.90 Å². The van der Waals surface area contributed by atoms with Crippen molar-refractivity contribution in [2.45, 2.75) is 55.5 Å². The maximum absolute atomic E-state index is 13.3. The van der Waals surface area contributed by atoms with Gasteiger partial charge in [-0.2, -0.15) is 0 Å². The standard InChI is InChI=1S/C19H20N2O2/c22-14-11-17-6-5-15(23)21-10-9-18(16(17)21)12-3-1-2-4-13(12)20-19(14,18)8-7-17/h1-4,16,20H,5-11H2/t16-,17?,18+,19?/m0/s1. The Balaban J connectivity index is 1.70. The SMILES string of the molecule is O=C1CCC23CCC4(Nc5ccccc5[C@@]45CCN1[C@@H]25)C(=O)C3. The first-order valence-corrected chi connectivity index (χ1v) is 8.84. The van der Waals surface area contributed by atoms with Gasteiger partial charge in [-0.1, -0.05) is 18.2 Å². The Hall–Kier alpha value is -1.84. The molecule has 3 aliphatic carbocycles. The molecule has 23 heavy (non-hydrogen) atoms. The Morgan fingerprint density at radius 2 is 1.96 bits per heavy atom. The summed E-state index contributed by atoms with van der Waals surface area (Å²) in [5.74, 6) is 0.699. The summed E-state index contributed by atoms with van der Waals surface area (Å²) in [6.45, 7) is 0.816. The van der Waals surface area contributed by atoms with Crippen molar-refractivity contribution in [3.63, 3.8) is 0 Å². The Bertz CT molecular complexity index is 789. The fourth-order valence-corrected chi connectivity index (χ4v) is 7.05. The van der Waals surface area contributed by atoms with E-state index in [1.807, 2.05) is 6.07 Å². The predicted molar refractivity (Wildman–Crippen MR) is 85.1 cm³/mol. The molecular formula is C19H20N2O2. The Labute approximate surface area is 135 Å². The first kappa shape index (κ1) is 12.6. The van der Waals surface area contributed by atoms with E-state index in [0.29, 0.717) is 24.5 Å². The van der Waals surface area contributed by atoms with E-state index in [1.54, 1.807) is 0 Å². The van der Waals surface area contributed by atoms with E-state index < -0.39 is 5.54 Å². The van der Waals surface area contributed by atoms with Gasteiger partial charge >= 0.3 is 0 Å². The van der Waals surface area contributed by atoms with Crippen molar-refractivity contribution in [2.24, 2.45) is 5.41 Å². The van der Waals surface area contributed by atoms with Crippen LogP contribution in [0.3, 0.4) is 0 Å². The Kier molecular flexibility index (Phi) is 1.90. The van der Waals surface area contributed by atoms with Crippen molar-refractivity contribution in [2.75, 3.05) is 11.9 Å². The predicted octanol–water partition coefficient (Wildman–Crippen LogP) is 2.24. The van der Waals surface area contributed by atoms with Crippen molar-refractivity contribution in [3.05, 3.63) is 29.8 Å². The third kappa shape index (κ3) is 1.06. The smallest absolute Gasteiger partial charge is 0.222 e. The minimum atomic E-state index is -0.463. The quantitative estimate of drug-likeness (QED) is 0.799. The second-order valence-corrected chi connectivity index (χ2v) is 8.25. The van der Waals surface area contributed by atoms with E-state index >= 15 is 0 Å². The lowest BCUT2D eigenvalue weighted by Crippen LogP contribution is -2.76. The third-order valence-corrected chi connectivity index (χ3v) is 7.77. The van der Waals surface area contributed by atoms with Crippen LogP contribution < -0.4 is 5.32 Å². The summed E-state index contributed by atoms with van der Waals surface area (Å²) < 4.78 is 0. The van der Waals surface area contributed by atoms with E-state index in [4.69, 9.17) is 0 Å². The summed E-state index contributed by atoms with van der Waals surface area (Å²) in [4.78, 5) is 28.0. The topological polar surface area (TPSA) is 49.4 Å². The molecule has 118 valence electrons. The van der Waals surface area contributed by atoms with E-state index in [9.17, 15) is 9.59 Å². The molecule has 0 aromatic heterocycles. The number of nitrogens with zero attached hydrogens (tertiary/aromatic N) is 1. The molecule has 5 fully saturated rings. The number of rotatable bonds is 0. The average molecular weight is 308 g/mol. The molecule has 3 heterocycles. The maximum Gasteiger partial charge on any atom is 0.222 e. The number of benzene rings is 1. The lowest BCUT2D eigenvalue weighted by molar-refractivity contribution is -0.164. The molecule has 7 rings (SSSR count). The normalized spacial score (nSPS) is 45.6. The number of piperidine rings is 1. The first-order chi connectivity index (χ1) is 11.1. The van der Waals surface area contributed by atoms with Gasteiger partial charge in [0.1, 0.15) is 5.54 Å². The molecule has 2 unspecified atom stereocenters. The molecule has 2 saturated heterocycles. The van der Waals surface area contributed by atoms with Crippen LogP contribution in [-0.2, 0) is 15.0 Å². The van der Waals surface area contributed by atoms with Crippen molar-refractivity contribution >= 4 is 17.4 Å². The van der Waals surface area contributed by atoms with Crippen LogP contribution in [-0.4, -0.2) is 34.7 Å². The largest absolute Gasteiger partial charge is 0.372 e. The van der Waals surface area contributed by atoms with Gasteiger partial charge < -0.3 is 10.2 Å². The van der Waals surface area contributed by atoms with Crippen LogP contribution in [0.5, 0.6) is 0 Å². The molecule has 1 N–H and O–H groups in total. The highest BCUT2D eigenvalue weighted by molar-refractivity contribution is 6.00. The molecule has 6 aliphatic rings. The number of nitrogens with one attached hydrogen (secondary N) is 1. The molecule has 1 aromatic carbocycles. The summed E-state index contributed by atoms with van der Waals surface area (Å²) in [5.41, 5.74) is 1.79. The van der Waals surface area contributed by atoms with Gasteiger partial charge in [-0.15, -0.1) is 0 Å². The highest BCUT2D eigenvalue weighted by atomic mass is 16.2. The monoisotopic (exact) mass is 308 g/mol. The lowest BCUT2D eigenvalue weighted by Gasteiger charge is -2.65. The lowest BCUT2D eigenvalue weighted by atomic mass is 9.41. The number of carbonyl (C=O) groups is 2. The van der Waals surface area contributed by atoms with Crippen LogP contribution in [0.4, 0.5) is 5.69 Å². The molecule has 3 saturated carbocycles. The number of ketones is 1. The minimum absolute atomic E-state index is 0.0301. The number of hydrogen-bond donors (Lipinski definition) is 1. The number of carbonyl (C=O) groups excluding carboxylic acids is 2. The number of amides is 1. The molecule has 4 atom stereocenters. The summed E-state index contributed by atoms with van der Waals surface area (Å²) in [6, 6.07) is 8.65. The summed E-state index contributed by atoms with van der Waals surface area (Å²) in [5, 5.41) is 3.66. The summed E-state index contributed by atoms with van der Waals surface area (Å²) in [6.07, 6.45) is 5.13. The fraction of sp³-hybridized carbons (Fsp3) is 0.579. The van der Waals surface area contributed by atoms with Crippen molar-refractivity contribution in [1.29, 1.82) is 0 Å². The highest BCUT2D eigenvalue weighted by Gasteiger charge is 2.79. The van der Waals surface area contributed by atoms with Crippen LogP contribution >= 0.6 is 0 Å². The second kappa shape index (κ2) is 3.47. The maximum atomic E-state index is 13.3. The van der Waals surface area contributed by atoms with Crippen LogP contribution in [0.25, 0.3) is 0 Å². The molecule has 4 heteroatoms. The second-order valence-electron chi connectivity index (χ2n) is 8.25. The van der Waals surface area contributed by atoms with Gasteiger partial charge in [0.2, 0.25) is 5.91 Å². The van der Waals surface area contributed by atoms with Gasteiger partial charge in [-0.3, -0.25) is 9.59 Å². The van der Waals surface area contributed by atoms with Gasteiger partial charge in [0.15, 0.2) is 5.78 Å². The van der Waals surface area contributed by atoms with Crippen LogP contribution in [0, 0.1) is 5.41 Å². The zero-order valence-electron chi connectivity index (χ0n) is 13.1. The molecule has 1 aromatic rings. The average Bonchev–Trinajstić information content (AvgIpc) is 3.11. The highest BCUT2D eigenvalue weighted by Crippen LogP contribution is 2.71. The third-order valence-electron chi connectivity index (χ3n) is 7.77. The van der Waals surface area contributed by atoms with E-state index in [2.05, 4.69) is 28.4 Å². The zero-order chi connectivity index (χ0) is 15.4. The van der Waals surface area contributed by atoms with E-state index in [0.717, 1.165) is 37.9 Å². The van der Waals surface area contributed by atoms with Crippen LogP contribution in [0.15, 0.2) is 24.3 Å². The molecule has 2 bridgehead atoms. The van der Waals surface area contributed by atoms with Crippen molar-refractivity contribution < 1.29 is 9.59 Å². The minimum Gasteiger partial charge on any atom is -0.372 e. The number of anilines is 1. The fourth-order valence-electron chi connectivity index (χ4n) is 7.05. The van der Waals surface area contributed by atoms with E-state index in [1.165, 1.54) is 5.56 Å². The Morgan fingerprint density at radius 3 is 2.83 bits per heavy atom. The Morgan fingerprint density at radius 1 is 1.09 bits per heavy atom. The van der Waals surface area contributed by atoms with Crippen LogP contribution in [0.1, 0.15) is 44.1 Å². The number of hydrogen-bond acceptors (Lipinski definition) is 3. The number of fused-ring (bicyclic) bond motifs is 3. The van der Waals surface area contributed by atoms with Gasteiger partial charge in [0, 0.05) is 25.1 Å². The number of para-hydroxylation sites is 1. The zero-order valence-corrected chi connectivity index (χ0v) is 13.1. The molecular weight excluding hydrogens is 288 g/mol. The molecule has 3 spiro atoms. The molecule has 1 amide bonds. The van der Waals surface area contributed by atoms with E-state index in [-0.39, 0.29) is 16.9 Å². The number of Topliss-reactive ketones (excluding diaryl/α,β-unsaturated/α-hetero) is 1. The van der Waals surface area contributed by atoms with Crippen molar-refractivity contribution in [3.8, 4) is 0 Å². The summed E-state index contributed by atoms with van der Waals surface area (Å²) in [7, 11) is 0. The molecule has 3 aliphatic heterocycles. The summed E-state index contributed by atoms with van der Waals surface area (Å²) >= 11 is 0. The van der Waals surface area contributed by atoms with Gasteiger partial charge in [0.05, 0.1) is 11.5 Å². The van der Waals surface area contributed by atoms with Gasteiger partial charge in [0.25, 0.3) is 0 Å². The molecule has 4 nitrogen and oxygen atoms in total. The van der Waals surface area contributed by atoms with Crippen LogP contribution in [0.2, 0.25) is 0 Å².